The number of amides is 3. The van der Waals surface area contributed by atoms with Crippen LogP contribution in [0, 0.1) is 11.3 Å². The van der Waals surface area contributed by atoms with Crippen LogP contribution in [0.5, 0.6) is 0 Å². The molecule has 48 heavy (non-hydrogen) atoms. The van der Waals surface area contributed by atoms with E-state index in [1.54, 1.807) is 23.1 Å². The molecule has 3 aliphatic rings. The third kappa shape index (κ3) is 6.33. The highest BCUT2D eigenvalue weighted by Gasteiger charge is 2.53. The van der Waals surface area contributed by atoms with Crippen LogP contribution in [-0.4, -0.2) is 92.6 Å². The van der Waals surface area contributed by atoms with Crippen molar-refractivity contribution in [3.05, 3.63) is 100 Å². The summed E-state index contributed by atoms with van der Waals surface area (Å²) in [6, 6.07) is 23.8. The maximum absolute atomic E-state index is 14.1. The Labute approximate surface area is 277 Å². The highest BCUT2D eigenvalue weighted by Crippen LogP contribution is 2.46. The van der Waals surface area contributed by atoms with Crippen LogP contribution in [0.2, 0.25) is 0 Å². The van der Waals surface area contributed by atoms with Gasteiger partial charge in [-0.15, -0.1) is 0 Å². The van der Waals surface area contributed by atoms with Gasteiger partial charge in [-0.3, -0.25) is 19.4 Å². The first-order chi connectivity index (χ1) is 23.3. The van der Waals surface area contributed by atoms with Crippen LogP contribution in [0.4, 0.5) is 10.5 Å². The third-order valence-electron chi connectivity index (χ3n) is 10.2. The molecule has 3 aromatic carbocycles. The zero-order valence-electron chi connectivity index (χ0n) is 26.6. The molecule has 4 N–H and O–H groups in total. The zero-order chi connectivity index (χ0) is 33.3. The molecule has 4 heterocycles. The minimum atomic E-state index is -1.01. The van der Waals surface area contributed by atoms with Gasteiger partial charge in [-0.1, -0.05) is 66.7 Å². The number of anilines is 1. The first kappa shape index (κ1) is 31.6. The molecule has 1 unspecified atom stereocenters. The van der Waals surface area contributed by atoms with E-state index in [2.05, 4.69) is 32.3 Å². The fourth-order valence-corrected chi connectivity index (χ4v) is 7.72. The van der Waals surface area contributed by atoms with E-state index >= 15 is 0 Å². The summed E-state index contributed by atoms with van der Waals surface area (Å²) >= 11 is 0. The van der Waals surface area contributed by atoms with Gasteiger partial charge >= 0.3 is 11.8 Å². The van der Waals surface area contributed by atoms with Gasteiger partial charge in [0, 0.05) is 39.3 Å². The largest absolute Gasteiger partial charge is 0.445 e. The van der Waals surface area contributed by atoms with E-state index in [9.17, 15) is 24.3 Å². The van der Waals surface area contributed by atoms with E-state index < -0.39 is 23.7 Å². The van der Waals surface area contributed by atoms with E-state index in [0.717, 1.165) is 11.1 Å². The van der Waals surface area contributed by atoms with Crippen LogP contribution in [0.3, 0.4) is 0 Å². The minimum absolute atomic E-state index is 0.0804. The number of aromatic amines is 2. The molecule has 7 rings (SSSR count). The molecule has 0 radical (unpaired) electrons. The number of para-hydroxylation sites is 1. The summed E-state index contributed by atoms with van der Waals surface area (Å²) in [5.74, 6) is -0.783. The van der Waals surface area contributed by atoms with Crippen molar-refractivity contribution < 1.29 is 24.2 Å². The van der Waals surface area contributed by atoms with Crippen molar-refractivity contribution in [1.82, 2.24) is 24.7 Å². The fourth-order valence-electron chi connectivity index (χ4n) is 7.72. The van der Waals surface area contributed by atoms with Gasteiger partial charge in [0.15, 0.2) is 0 Å². The van der Waals surface area contributed by atoms with Crippen molar-refractivity contribution in [2.45, 2.75) is 44.6 Å². The standard InChI is InChI=1S/C36H40N6O6/c43-29-14-17-42(35(47)48-22-25-10-5-2-6-11-25)31(29)33(45)41-18-15-36(16-19-41)23-40(20-24-8-3-1-4-9-24)21-26(36)32(44)37-27-12-7-13-28-30(27)39-34(46)38-28/h1-13,26,29,31,43H,14-23H2,(H,37,44)(H2,38,39,46)/t26?,29-,31+/m1/s1. The first-order valence-electron chi connectivity index (χ1n) is 16.5. The maximum atomic E-state index is 14.1. The second-order valence-corrected chi connectivity index (χ2v) is 13.2. The molecule has 12 nitrogen and oxygen atoms in total. The Hall–Kier alpha value is -4.94. The van der Waals surface area contributed by atoms with Gasteiger partial charge in [-0.05, 0) is 47.9 Å². The first-order valence-corrected chi connectivity index (χ1v) is 16.5. The lowest BCUT2D eigenvalue weighted by Crippen LogP contribution is -2.55. The number of aliphatic hydroxyl groups is 1. The number of nitrogens with zero attached hydrogens (tertiary/aromatic N) is 3. The van der Waals surface area contributed by atoms with E-state index in [-0.39, 0.29) is 36.6 Å². The van der Waals surface area contributed by atoms with Crippen molar-refractivity contribution >= 4 is 34.6 Å². The van der Waals surface area contributed by atoms with Crippen LogP contribution in [0.15, 0.2) is 83.7 Å². The Balaban J connectivity index is 1.06. The maximum Gasteiger partial charge on any atom is 0.410 e. The van der Waals surface area contributed by atoms with Crippen molar-refractivity contribution in [2.24, 2.45) is 11.3 Å². The summed E-state index contributed by atoms with van der Waals surface area (Å²) in [4.78, 5) is 63.9. The monoisotopic (exact) mass is 652 g/mol. The molecule has 3 aliphatic heterocycles. The van der Waals surface area contributed by atoms with Gasteiger partial charge in [0.25, 0.3) is 0 Å². The summed E-state index contributed by atoms with van der Waals surface area (Å²) in [6.45, 7) is 3.06. The molecule has 12 heteroatoms. The topological polar surface area (TPSA) is 151 Å². The molecule has 0 aliphatic carbocycles. The molecular weight excluding hydrogens is 612 g/mol. The predicted octanol–water partition coefficient (Wildman–Crippen LogP) is 3.31. The second kappa shape index (κ2) is 13.3. The lowest BCUT2D eigenvalue weighted by atomic mass is 9.70. The molecular formula is C36H40N6O6. The number of carbonyl (C=O) groups excluding carboxylic acids is 3. The Morgan fingerprint density at radius 1 is 0.896 bits per heavy atom. The summed E-state index contributed by atoms with van der Waals surface area (Å²) in [6.07, 6.45) is -0.120. The van der Waals surface area contributed by atoms with E-state index in [0.29, 0.717) is 68.7 Å². The average Bonchev–Trinajstić information content (AvgIpc) is 3.79. The van der Waals surface area contributed by atoms with E-state index in [1.807, 2.05) is 48.5 Å². The Kier molecular flexibility index (Phi) is 8.76. The average molecular weight is 653 g/mol. The number of rotatable bonds is 7. The lowest BCUT2D eigenvalue weighted by Gasteiger charge is -2.43. The number of carbonyl (C=O) groups is 3. The van der Waals surface area contributed by atoms with Gasteiger partial charge in [0.2, 0.25) is 11.8 Å². The number of aliphatic hydroxyl groups excluding tert-OH is 1. The zero-order valence-corrected chi connectivity index (χ0v) is 26.6. The van der Waals surface area contributed by atoms with E-state index in [4.69, 9.17) is 4.74 Å². The van der Waals surface area contributed by atoms with Crippen LogP contribution < -0.4 is 11.0 Å². The van der Waals surface area contributed by atoms with Gasteiger partial charge in [-0.2, -0.15) is 0 Å². The number of piperidine rings is 1. The van der Waals surface area contributed by atoms with Crippen LogP contribution in [0.1, 0.15) is 30.4 Å². The van der Waals surface area contributed by atoms with Gasteiger partial charge in [-0.25, -0.2) is 9.59 Å². The van der Waals surface area contributed by atoms with Gasteiger partial charge in [0.1, 0.15) is 12.6 Å². The molecule has 4 aromatic rings. The molecule has 250 valence electrons. The van der Waals surface area contributed by atoms with Crippen molar-refractivity contribution in [1.29, 1.82) is 0 Å². The number of hydrogen-bond acceptors (Lipinski definition) is 7. The van der Waals surface area contributed by atoms with Crippen molar-refractivity contribution in [2.75, 3.05) is 38.0 Å². The quantitative estimate of drug-likeness (QED) is 0.239. The van der Waals surface area contributed by atoms with Crippen molar-refractivity contribution in [3.63, 3.8) is 0 Å². The Morgan fingerprint density at radius 3 is 2.33 bits per heavy atom. The minimum Gasteiger partial charge on any atom is -0.445 e. The summed E-state index contributed by atoms with van der Waals surface area (Å²) in [5, 5.41) is 13.9. The predicted molar refractivity (Wildman–Crippen MR) is 179 cm³/mol. The SMILES string of the molecule is O=C(Nc1cccc2[nH]c(=O)[nH]c12)C1CN(Cc2ccccc2)CC12CCN(C(=O)[C@@H]1[C@H](O)CCN1C(=O)OCc1ccccc1)CC2. The molecule has 3 saturated heterocycles. The lowest BCUT2D eigenvalue weighted by molar-refractivity contribution is -0.141. The van der Waals surface area contributed by atoms with Crippen molar-refractivity contribution in [3.8, 4) is 0 Å². The molecule has 1 aromatic heterocycles. The number of fused-ring (bicyclic) bond motifs is 1. The third-order valence-corrected chi connectivity index (χ3v) is 10.2. The number of aromatic nitrogens is 2. The number of hydrogen-bond donors (Lipinski definition) is 4. The molecule has 1 spiro atoms. The van der Waals surface area contributed by atoms with Gasteiger partial charge in [0.05, 0.1) is 28.7 Å². The summed E-state index contributed by atoms with van der Waals surface area (Å²) < 4.78 is 5.52. The molecule has 0 bridgehead atoms. The molecule has 3 atom stereocenters. The smallest absolute Gasteiger partial charge is 0.410 e. The highest BCUT2D eigenvalue weighted by atomic mass is 16.6. The molecule has 0 saturated carbocycles. The second-order valence-electron chi connectivity index (χ2n) is 13.2. The fraction of sp³-hybridized carbons (Fsp3) is 0.389. The van der Waals surface area contributed by atoms with Crippen LogP contribution in [-0.2, 0) is 27.5 Å². The number of imidazole rings is 1. The number of nitrogens with one attached hydrogen (secondary N) is 3. The number of H-pyrrole nitrogens is 2. The van der Waals surface area contributed by atoms with Crippen LogP contribution >= 0.6 is 0 Å². The summed E-state index contributed by atoms with van der Waals surface area (Å²) in [7, 11) is 0. The molecule has 3 fully saturated rings. The highest BCUT2D eigenvalue weighted by molar-refractivity contribution is 6.00. The Morgan fingerprint density at radius 2 is 1.60 bits per heavy atom. The van der Waals surface area contributed by atoms with E-state index in [1.165, 1.54) is 4.90 Å². The number of benzene rings is 3. The summed E-state index contributed by atoms with van der Waals surface area (Å²) in [5.41, 5.74) is 2.96. The number of likely N-dealkylation sites (tertiary alicyclic amines) is 3. The molecule has 3 amide bonds. The van der Waals surface area contributed by atoms with Crippen LogP contribution in [0.25, 0.3) is 11.0 Å². The van der Waals surface area contributed by atoms with Gasteiger partial charge < -0.3 is 30.0 Å². The Bertz CT molecular complexity index is 1830. The number of ether oxygens (including phenoxy) is 1. The normalized spacial score (nSPS) is 22.3.